The van der Waals surface area contributed by atoms with Gasteiger partial charge in [0, 0.05) is 24.8 Å². The van der Waals surface area contributed by atoms with Crippen molar-refractivity contribution < 1.29 is 4.74 Å². The zero-order valence-electron chi connectivity index (χ0n) is 17.5. The summed E-state index contributed by atoms with van der Waals surface area (Å²) < 4.78 is 5.82. The van der Waals surface area contributed by atoms with Crippen molar-refractivity contribution in [3.05, 3.63) is 53.5 Å². The van der Waals surface area contributed by atoms with E-state index in [1.54, 1.807) is 6.33 Å². The van der Waals surface area contributed by atoms with Gasteiger partial charge in [-0.1, -0.05) is 24.3 Å². The van der Waals surface area contributed by atoms with Crippen LogP contribution in [0.25, 0.3) is 11.0 Å². The van der Waals surface area contributed by atoms with Gasteiger partial charge in [-0.2, -0.15) is 0 Å². The third-order valence-corrected chi connectivity index (χ3v) is 6.98. The van der Waals surface area contributed by atoms with Gasteiger partial charge in [-0.15, -0.1) is 0 Å². The fourth-order valence-corrected chi connectivity index (χ4v) is 5.29. The van der Waals surface area contributed by atoms with Crippen LogP contribution in [-0.4, -0.2) is 51.7 Å². The fourth-order valence-electron chi connectivity index (χ4n) is 5.29. The normalized spacial score (nSPS) is 27.2. The highest BCUT2D eigenvalue weighted by Gasteiger charge is 2.36. The smallest absolute Gasteiger partial charge is 0.143 e. The molecule has 3 heterocycles. The monoisotopic (exact) mass is 403 g/mol. The quantitative estimate of drug-likeness (QED) is 0.689. The molecule has 2 aliphatic carbocycles. The lowest BCUT2D eigenvalue weighted by atomic mass is 9.83. The van der Waals surface area contributed by atoms with E-state index < -0.39 is 0 Å². The second-order valence-electron chi connectivity index (χ2n) is 9.09. The summed E-state index contributed by atoms with van der Waals surface area (Å²) in [4.78, 5) is 15.3. The number of fused-ring (bicyclic) bond motifs is 2. The first-order valence-corrected chi connectivity index (χ1v) is 11.3. The Morgan fingerprint density at radius 2 is 2.07 bits per heavy atom. The number of aryl methyl sites for hydroxylation is 1. The van der Waals surface area contributed by atoms with E-state index in [1.807, 2.05) is 0 Å². The van der Waals surface area contributed by atoms with Crippen molar-refractivity contribution in [1.29, 1.82) is 0 Å². The minimum atomic E-state index is 0.206. The highest BCUT2D eigenvalue weighted by molar-refractivity contribution is 5.88. The van der Waals surface area contributed by atoms with Crippen LogP contribution in [0.15, 0.2) is 36.7 Å². The molecular weight excluding hydrogens is 374 g/mol. The maximum atomic E-state index is 5.82. The molecule has 2 fully saturated rings. The summed E-state index contributed by atoms with van der Waals surface area (Å²) in [5.41, 5.74) is 5.09. The Kier molecular flexibility index (Phi) is 4.50. The molecule has 30 heavy (non-hydrogen) atoms. The summed E-state index contributed by atoms with van der Waals surface area (Å²) in [5.74, 6) is 1.61. The number of hydrogen-bond acceptors (Lipinski definition) is 5. The van der Waals surface area contributed by atoms with Crippen molar-refractivity contribution in [2.75, 3.05) is 25.0 Å². The lowest BCUT2D eigenvalue weighted by molar-refractivity contribution is -0.0391. The Balaban J connectivity index is 1.38. The third kappa shape index (κ3) is 3.28. The predicted octanol–water partition coefficient (Wildman–Crippen LogP) is 4.02. The lowest BCUT2D eigenvalue weighted by Gasteiger charge is -2.44. The maximum Gasteiger partial charge on any atom is 0.143 e. The molecule has 6 heteroatoms. The van der Waals surface area contributed by atoms with E-state index in [0.29, 0.717) is 12.0 Å². The zero-order valence-corrected chi connectivity index (χ0v) is 17.5. The molecule has 0 spiro atoms. The highest BCUT2D eigenvalue weighted by Crippen LogP contribution is 2.42. The average molecular weight is 404 g/mol. The van der Waals surface area contributed by atoms with E-state index in [2.05, 4.69) is 62.4 Å². The van der Waals surface area contributed by atoms with Gasteiger partial charge in [-0.25, -0.2) is 9.97 Å². The predicted molar refractivity (Wildman–Crippen MR) is 118 cm³/mol. The van der Waals surface area contributed by atoms with E-state index in [1.165, 1.54) is 29.7 Å². The Labute approximate surface area is 177 Å². The minimum Gasteiger partial charge on any atom is -0.376 e. The Morgan fingerprint density at radius 1 is 1.17 bits per heavy atom. The molecular formula is C24H29N5O. The number of nitrogens with zero attached hydrogens (tertiary/aromatic N) is 3. The second-order valence-corrected chi connectivity index (χ2v) is 9.09. The molecule has 1 aromatic carbocycles. The number of aromatic amines is 1. The number of nitrogens with one attached hydrogen (secondary N) is 2. The van der Waals surface area contributed by atoms with Gasteiger partial charge in [0.1, 0.15) is 17.8 Å². The SMILES string of the molecule is C[C@H]1CN([C@H]2CCc3ccccc3[C@@H]2Nc2ncnc3[nH]c(C4CC4)cc23)CCO1. The van der Waals surface area contributed by atoms with Crippen LogP contribution in [0.1, 0.15) is 55.0 Å². The number of ether oxygens (including phenoxy) is 1. The summed E-state index contributed by atoms with van der Waals surface area (Å²) in [6.45, 7) is 4.97. The van der Waals surface area contributed by atoms with Crippen LogP contribution in [0.4, 0.5) is 5.82 Å². The molecule has 1 saturated heterocycles. The second kappa shape index (κ2) is 7.36. The standard InChI is InChI=1S/C24H29N5O/c1-15-13-29(10-11-30-15)21-9-8-16-4-2-3-5-18(16)22(21)28-24-19-12-20(17-6-7-17)27-23(19)25-14-26-24/h2-5,12,14-15,17,21-22H,6-11,13H2,1H3,(H2,25,26,27,28)/t15-,21-,22-/m0/s1. The third-order valence-electron chi connectivity index (χ3n) is 6.98. The Bertz CT molecular complexity index is 1060. The van der Waals surface area contributed by atoms with Crippen LogP contribution in [0.5, 0.6) is 0 Å². The zero-order chi connectivity index (χ0) is 20.1. The lowest BCUT2D eigenvalue weighted by Crippen LogP contribution is -2.51. The van der Waals surface area contributed by atoms with Gasteiger partial charge in [-0.05, 0) is 55.7 Å². The summed E-state index contributed by atoms with van der Waals surface area (Å²) in [6, 6.07) is 11.8. The Hall–Kier alpha value is -2.44. The van der Waals surface area contributed by atoms with Crippen LogP contribution in [0.2, 0.25) is 0 Å². The van der Waals surface area contributed by atoms with Crippen LogP contribution < -0.4 is 5.32 Å². The van der Waals surface area contributed by atoms with Crippen molar-refractivity contribution in [1.82, 2.24) is 19.9 Å². The molecule has 0 unspecified atom stereocenters. The fraction of sp³-hybridized carbons (Fsp3) is 0.500. The average Bonchev–Trinajstić information content (AvgIpc) is 3.53. The van der Waals surface area contributed by atoms with E-state index in [0.717, 1.165) is 49.4 Å². The van der Waals surface area contributed by atoms with Crippen molar-refractivity contribution in [2.24, 2.45) is 0 Å². The molecule has 1 saturated carbocycles. The van der Waals surface area contributed by atoms with Crippen molar-refractivity contribution in [2.45, 2.75) is 56.7 Å². The van der Waals surface area contributed by atoms with Crippen molar-refractivity contribution in [3.8, 4) is 0 Å². The molecule has 6 nitrogen and oxygen atoms in total. The van der Waals surface area contributed by atoms with E-state index in [4.69, 9.17) is 4.74 Å². The van der Waals surface area contributed by atoms with Gasteiger partial charge < -0.3 is 15.0 Å². The molecule has 3 aromatic rings. The van der Waals surface area contributed by atoms with Gasteiger partial charge in [0.05, 0.1) is 24.1 Å². The van der Waals surface area contributed by atoms with Crippen LogP contribution in [0, 0.1) is 0 Å². The van der Waals surface area contributed by atoms with Gasteiger partial charge in [0.15, 0.2) is 0 Å². The van der Waals surface area contributed by atoms with E-state index in [-0.39, 0.29) is 12.1 Å². The number of morpholine rings is 1. The summed E-state index contributed by atoms with van der Waals surface area (Å²) in [6.07, 6.45) is 6.79. The first kappa shape index (κ1) is 18.3. The summed E-state index contributed by atoms with van der Waals surface area (Å²) in [5, 5.41) is 4.97. The van der Waals surface area contributed by atoms with Crippen LogP contribution >= 0.6 is 0 Å². The van der Waals surface area contributed by atoms with Crippen molar-refractivity contribution >= 4 is 16.9 Å². The molecule has 0 bridgehead atoms. The number of rotatable bonds is 4. The Morgan fingerprint density at radius 3 is 2.93 bits per heavy atom. The van der Waals surface area contributed by atoms with Crippen LogP contribution in [0.3, 0.4) is 0 Å². The number of anilines is 1. The first-order chi connectivity index (χ1) is 14.8. The molecule has 2 aromatic heterocycles. The summed E-state index contributed by atoms with van der Waals surface area (Å²) >= 11 is 0. The minimum absolute atomic E-state index is 0.206. The molecule has 3 atom stereocenters. The largest absolute Gasteiger partial charge is 0.376 e. The molecule has 2 N–H and O–H groups in total. The maximum absolute atomic E-state index is 5.82. The number of aromatic nitrogens is 3. The highest BCUT2D eigenvalue weighted by atomic mass is 16.5. The van der Waals surface area contributed by atoms with Crippen LogP contribution in [-0.2, 0) is 11.2 Å². The molecule has 0 amide bonds. The first-order valence-electron chi connectivity index (χ1n) is 11.3. The molecule has 156 valence electrons. The molecule has 6 rings (SSSR count). The van der Waals surface area contributed by atoms with Gasteiger partial charge in [-0.3, -0.25) is 4.90 Å². The van der Waals surface area contributed by atoms with E-state index in [9.17, 15) is 0 Å². The van der Waals surface area contributed by atoms with E-state index >= 15 is 0 Å². The number of benzene rings is 1. The molecule has 3 aliphatic rings. The topological polar surface area (TPSA) is 66.1 Å². The van der Waals surface area contributed by atoms with Gasteiger partial charge >= 0.3 is 0 Å². The number of H-pyrrole nitrogens is 1. The summed E-state index contributed by atoms with van der Waals surface area (Å²) in [7, 11) is 0. The molecule has 0 radical (unpaired) electrons. The van der Waals surface area contributed by atoms with Crippen molar-refractivity contribution in [3.63, 3.8) is 0 Å². The van der Waals surface area contributed by atoms with Gasteiger partial charge in [0.2, 0.25) is 0 Å². The number of hydrogen-bond donors (Lipinski definition) is 2. The molecule has 1 aliphatic heterocycles. The van der Waals surface area contributed by atoms with Gasteiger partial charge in [0.25, 0.3) is 0 Å².